The SMILES string of the molecule is CC(C)NC(C)(CCn1cnc2ccccc21)C(=O)O. The maximum atomic E-state index is 11.5. The first-order valence-corrected chi connectivity index (χ1v) is 6.83. The average Bonchev–Trinajstić information content (AvgIpc) is 2.78. The van der Waals surface area contributed by atoms with E-state index in [-0.39, 0.29) is 6.04 Å². The summed E-state index contributed by atoms with van der Waals surface area (Å²) in [5.74, 6) is -0.823. The fourth-order valence-electron chi connectivity index (χ4n) is 2.41. The molecular formula is C15H21N3O2. The third-order valence-electron chi connectivity index (χ3n) is 3.46. The summed E-state index contributed by atoms with van der Waals surface area (Å²) in [6.45, 7) is 6.25. The molecular weight excluding hydrogens is 254 g/mol. The van der Waals surface area contributed by atoms with Crippen LogP contribution in [0.1, 0.15) is 27.2 Å². The van der Waals surface area contributed by atoms with Crippen LogP contribution in [0.5, 0.6) is 0 Å². The summed E-state index contributed by atoms with van der Waals surface area (Å²) < 4.78 is 2.00. The Hall–Kier alpha value is -1.88. The van der Waals surface area contributed by atoms with Gasteiger partial charge in [0.25, 0.3) is 0 Å². The van der Waals surface area contributed by atoms with Gasteiger partial charge in [-0.2, -0.15) is 0 Å². The second-order valence-electron chi connectivity index (χ2n) is 5.61. The minimum Gasteiger partial charge on any atom is -0.480 e. The zero-order valence-electron chi connectivity index (χ0n) is 12.1. The Balaban J connectivity index is 2.15. The number of hydrogen-bond acceptors (Lipinski definition) is 3. The molecule has 108 valence electrons. The predicted molar refractivity (Wildman–Crippen MR) is 78.7 cm³/mol. The van der Waals surface area contributed by atoms with Crippen molar-refractivity contribution in [1.82, 2.24) is 14.9 Å². The molecule has 0 radical (unpaired) electrons. The standard InChI is InChI=1S/C15H21N3O2/c1-11(2)17-15(3,14(19)20)8-9-18-10-16-12-6-4-5-7-13(12)18/h4-7,10-11,17H,8-9H2,1-3H3,(H,19,20). The Kier molecular flexibility index (Phi) is 4.09. The summed E-state index contributed by atoms with van der Waals surface area (Å²) in [4.78, 5) is 15.8. The largest absolute Gasteiger partial charge is 0.480 e. The first-order chi connectivity index (χ1) is 9.42. The van der Waals surface area contributed by atoms with Crippen LogP contribution in [0.3, 0.4) is 0 Å². The Morgan fingerprint density at radius 2 is 2.15 bits per heavy atom. The van der Waals surface area contributed by atoms with Gasteiger partial charge in [0.2, 0.25) is 0 Å². The van der Waals surface area contributed by atoms with Crippen LogP contribution in [-0.2, 0) is 11.3 Å². The molecule has 2 N–H and O–H groups in total. The molecule has 0 amide bonds. The van der Waals surface area contributed by atoms with E-state index in [4.69, 9.17) is 0 Å². The van der Waals surface area contributed by atoms with Crippen molar-refractivity contribution in [1.29, 1.82) is 0 Å². The summed E-state index contributed by atoms with van der Waals surface area (Å²) in [6.07, 6.45) is 2.27. The third-order valence-corrected chi connectivity index (χ3v) is 3.46. The maximum absolute atomic E-state index is 11.5. The Bertz CT molecular complexity index is 606. The van der Waals surface area contributed by atoms with E-state index in [1.807, 2.05) is 42.7 Å². The van der Waals surface area contributed by atoms with Crippen molar-refractivity contribution in [2.75, 3.05) is 0 Å². The van der Waals surface area contributed by atoms with Gasteiger partial charge in [0.1, 0.15) is 5.54 Å². The number of carbonyl (C=O) groups is 1. The van der Waals surface area contributed by atoms with E-state index in [1.165, 1.54) is 0 Å². The van der Waals surface area contributed by atoms with Gasteiger partial charge in [0.05, 0.1) is 17.4 Å². The number of nitrogens with one attached hydrogen (secondary N) is 1. The van der Waals surface area contributed by atoms with E-state index in [9.17, 15) is 9.90 Å². The molecule has 1 aromatic heterocycles. The molecule has 5 heteroatoms. The lowest BCUT2D eigenvalue weighted by atomic mass is 9.97. The molecule has 1 atom stereocenters. The maximum Gasteiger partial charge on any atom is 0.323 e. The lowest BCUT2D eigenvalue weighted by molar-refractivity contribution is -0.144. The summed E-state index contributed by atoms with van der Waals surface area (Å²) in [6, 6.07) is 7.98. The minimum atomic E-state index is -0.931. The van der Waals surface area contributed by atoms with E-state index in [2.05, 4.69) is 10.3 Å². The van der Waals surface area contributed by atoms with E-state index in [1.54, 1.807) is 13.3 Å². The highest BCUT2D eigenvalue weighted by Gasteiger charge is 2.33. The average molecular weight is 275 g/mol. The summed E-state index contributed by atoms with van der Waals surface area (Å²) >= 11 is 0. The molecule has 1 aromatic carbocycles. The van der Waals surface area contributed by atoms with Crippen molar-refractivity contribution in [3.05, 3.63) is 30.6 Å². The molecule has 0 saturated heterocycles. The van der Waals surface area contributed by atoms with Crippen LogP contribution < -0.4 is 5.32 Å². The van der Waals surface area contributed by atoms with Crippen LogP contribution in [0.25, 0.3) is 11.0 Å². The number of aromatic nitrogens is 2. The second-order valence-corrected chi connectivity index (χ2v) is 5.61. The number of benzene rings is 1. The van der Waals surface area contributed by atoms with Crippen molar-refractivity contribution < 1.29 is 9.90 Å². The molecule has 20 heavy (non-hydrogen) atoms. The molecule has 0 aliphatic rings. The number of hydrogen-bond donors (Lipinski definition) is 2. The molecule has 0 saturated carbocycles. The number of fused-ring (bicyclic) bond motifs is 1. The van der Waals surface area contributed by atoms with Crippen LogP contribution in [0.15, 0.2) is 30.6 Å². The van der Waals surface area contributed by atoms with Crippen molar-refractivity contribution in [2.45, 2.75) is 45.3 Å². The van der Waals surface area contributed by atoms with Crippen molar-refractivity contribution in [3.63, 3.8) is 0 Å². The topological polar surface area (TPSA) is 67.2 Å². The van der Waals surface area contributed by atoms with Crippen LogP contribution >= 0.6 is 0 Å². The predicted octanol–water partition coefficient (Wildman–Crippen LogP) is 2.27. The summed E-state index contributed by atoms with van der Waals surface area (Å²) in [5, 5.41) is 12.6. The quantitative estimate of drug-likeness (QED) is 0.848. The van der Waals surface area contributed by atoms with Crippen LogP contribution in [0.2, 0.25) is 0 Å². The lowest BCUT2D eigenvalue weighted by Crippen LogP contribution is -2.52. The van der Waals surface area contributed by atoms with Crippen LogP contribution in [-0.4, -0.2) is 32.2 Å². The van der Waals surface area contributed by atoms with Crippen LogP contribution in [0.4, 0.5) is 0 Å². The highest BCUT2D eigenvalue weighted by Crippen LogP contribution is 2.17. The number of nitrogens with zero attached hydrogens (tertiary/aromatic N) is 2. The molecule has 0 aliphatic heterocycles. The minimum absolute atomic E-state index is 0.121. The molecule has 1 heterocycles. The zero-order chi connectivity index (χ0) is 14.8. The van der Waals surface area contributed by atoms with Crippen LogP contribution in [0, 0.1) is 0 Å². The van der Waals surface area contributed by atoms with E-state index >= 15 is 0 Å². The highest BCUT2D eigenvalue weighted by atomic mass is 16.4. The summed E-state index contributed by atoms with van der Waals surface area (Å²) in [7, 11) is 0. The molecule has 1 unspecified atom stereocenters. The number of carboxylic acids is 1. The monoisotopic (exact) mass is 275 g/mol. The van der Waals surface area contributed by atoms with Gasteiger partial charge in [-0.3, -0.25) is 10.1 Å². The van der Waals surface area contributed by atoms with Crippen molar-refractivity contribution >= 4 is 17.0 Å². The smallest absolute Gasteiger partial charge is 0.323 e. The molecule has 5 nitrogen and oxygen atoms in total. The van der Waals surface area contributed by atoms with Gasteiger partial charge in [-0.15, -0.1) is 0 Å². The molecule has 0 aliphatic carbocycles. The fourth-order valence-corrected chi connectivity index (χ4v) is 2.41. The molecule has 0 spiro atoms. The molecule has 0 bridgehead atoms. The van der Waals surface area contributed by atoms with Gasteiger partial charge in [-0.05, 0) is 39.3 Å². The molecule has 2 aromatic rings. The van der Waals surface area contributed by atoms with E-state index in [0.29, 0.717) is 13.0 Å². The van der Waals surface area contributed by atoms with E-state index < -0.39 is 11.5 Å². The van der Waals surface area contributed by atoms with E-state index in [0.717, 1.165) is 11.0 Å². The van der Waals surface area contributed by atoms with Gasteiger partial charge < -0.3 is 9.67 Å². The Labute approximate surface area is 118 Å². The fraction of sp³-hybridized carbons (Fsp3) is 0.467. The molecule has 2 rings (SSSR count). The number of aliphatic carboxylic acids is 1. The Morgan fingerprint density at radius 1 is 1.45 bits per heavy atom. The Morgan fingerprint density at radius 3 is 2.80 bits per heavy atom. The molecule has 0 fully saturated rings. The van der Waals surface area contributed by atoms with Gasteiger partial charge in [0.15, 0.2) is 0 Å². The second kappa shape index (κ2) is 5.63. The summed E-state index contributed by atoms with van der Waals surface area (Å²) in [5.41, 5.74) is 1.03. The number of para-hydroxylation sites is 2. The number of imidazole rings is 1. The first kappa shape index (κ1) is 14.5. The van der Waals surface area contributed by atoms with Gasteiger partial charge in [0, 0.05) is 12.6 Å². The van der Waals surface area contributed by atoms with Gasteiger partial charge in [-0.1, -0.05) is 12.1 Å². The lowest BCUT2D eigenvalue weighted by Gasteiger charge is -2.28. The van der Waals surface area contributed by atoms with Gasteiger partial charge >= 0.3 is 5.97 Å². The third kappa shape index (κ3) is 2.99. The number of aryl methyl sites for hydroxylation is 1. The highest BCUT2D eigenvalue weighted by molar-refractivity contribution is 5.78. The normalized spacial score (nSPS) is 14.6. The number of rotatable bonds is 6. The zero-order valence-corrected chi connectivity index (χ0v) is 12.1. The first-order valence-electron chi connectivity index (χ1n) is 6.83. The number of carboxylic acid groups (broad SMARTS) is 1. The van der Waals surface area contributed by atoms with Crippen molar-refractivity contribution in [2.24, 2.45) is 0 Å². The van der Waals surface area contributed by atoms with Crippen molar-refractivity contribution in [3.8, 4) is 0 Å². The van der Waals surface area contributed by atoms with Gasteiger partial charge in [-0.25, -0.2) is 4.98 Å².